The molecule has 2 rings (SSSR count). The monoisotopic (exact) mass is 330 g/mol. The van der Waals surface area contributed by atoms with Gasteiger partial charge in [-0.1, -0.05) is 18.2 Å². The molecular formula is C17H26N6O. The van der Waals surface area contributed by atoms with E-state index in [1.54, 1.807) is 0 Å². The number of hydrogen-bond donors (Lipinski definition) is 3. The quantitative estimate of drug-likeness (QED) is 0.372. The van der Waals surface area contributed by atoms with Crippen LogP contribution in [-0.4, -0.2) is 47.4 Å². The molecule has 3 N–H and O–H groups in total. The van der Waals surface area contributed by atoms with E-state index in [4.69, 9.17) is 4.74 Å². The van der Waals surface area contributed by atoms with E-state index in [1.165, 1.54) is 6.33 Å². The van der Waals surface area contributed by atoms with E-state index in [-0.39, 0.29) is 0 Å². The van der Waals surface area contributed by atoms with E-state index >= 15 is 0 Å². The van der Waals surface area contributed by atoms with Crippen molar-refractivity contribution in [1.29, 1.82) is 0 Å². The van der Waals surface area contributed by atoms with Crippen LogP contribution < -0.4 is 10.6 Å². The Balaban J connectivity index is 1.91. The van der Waals surface area contributed by atoms with Gasteiger partial charge in [0.1, 0.15) is 6.33 Å². The highest BCUT2D eigenvalue weighted by Gasteiger charge is 2.02. The van der Waals surface area contributed by atoms with Crippen molar-refractivity contribution in [3.05, 3.63) is 36.2 Å². The zero-order chi connectivity index (χ0) is 17.0. The van der Waals surface area contributed by atoms with Gasteiger partial charge in [0.05, 0.1) is 6.54 Å². The number of hydrogen-bond acceptors (Lipinski definition) is 4. The molecule has 24 heavy (non-hydrogen) atoms. The Bertz CT molecular complexity index is 611. The second-order valence-electron chi connectivity index (χ2n) is 5.21. The van der Waals surface area contributed by atoms with Gasteiger partial charge in [-0.15, -0.1) is 0 Å². The van der Waals surface area contributed by atoms with Crippen LogP contribution in [0.2, 0.25) is 0 Å². The highest BCUT2D eigenvalue weighted by Crippen LogP contribution is 2.15. The van der Waals surface area contributed by atoms with Crippen molar-refractivity contribution in [2.24, 2.45) is 4.99 Å². The summed E-state index contributed by atoms with van der Waals surface area (Å²) in [4.78, 5) is 8.81. The molecule has 7 heteroatoms. The first-order chi connectivity index (χ1) is 11.8. The lowest BCUT2D eigenvalue weighted by molar-refractivity contribution is 0.145. The summed E-state index contributed by atoms with van der Waals surface area (Å²) in [7, 11) is 0. The molecule has 1 heterocycles. The van der Waals surface area contributed by atoms with Crippen molar-refractivity contribution in [3.8, 4) is 11.4 Å². The van der Waals surface area contributed by atoms with Crippen LogP contribution in [0.3, 0.4) is 0 Å². The fraction of sp³-hybridized carbons (Fsp3) is 0.471. The molecule has 1 aromatic carbocycles. The predicted octanol–water partition coefficient (Wildman–Crippen LogP) is 1.95. The normalized spacial score (nSPS) is 11.5. The average Bonchev–Trinajstić information content (AvgIpc) is 3.14. The van der Waals surface area contributed by atoms with E-state index in [1.807, 2.05) is 19.1 Å². The number of guanidine groups is 1. The summed E-state index contributed by atoms with van der Waals surface area (Å²) in [5.74, 6) is 1.58. The largest absolute Gasteiger partial charge is 0.382 e. The molecule has 0 bridgehead atoms. The van der Waals surface area contributed by atoms with Crippen LogP contribution in [0.1, 0.15) is 25.8 Å². The van der Waals surface area contributed by atoms with E-state index < -0.39 is 0 Å². The number of nitrogens with one attached hydrogen (secondary N) is 3. The Kier molecular flexibility index (Phi) is 7.76. The number of aliphatic imine (C=N–C) groups is 1. The van der Waals surface area contributed by atoms with Crippen molar-refractivity contribution in [3.63, 3.8) is 0 Å². The SMILES string of the molecule is CCNC(=NCc1cccc(-c2ncn[nH]2)c1)NCCCOCC. The number of aromatic nitrogens is 3. The maximum absolute atomic E-state index is 5.34. The maximum Gasteiger partial charge on any atom is 0.191 e. The molecule has 130 valence electrons. The summed E-state index contributed by atoms with van der Waals surface area (Å²) < 4.78 is 5.34. The zero-order valence-corrected chi connectivity index (χ0v) is 14.4. The van der Waals surface area contributed by atoms with Gasteiger partial charge in [0.2, 0.25) is 0 Å². The molecule has 2 aromatic rings. The summed E-state index contributed by atoms with van der Waals surface area (Å²) in [6, 6.07) is 8.14. The minimum absolute atomic E-state index is 0.600. The lowest BCUT2D eigenvalue weighted by Gasteiger charge is -2.11. The molecule has 7 nitrogen and oxygen atoms in total. The van der Waals surface area contributed by atoms with E-state index in [0.29, 0.717) is 6.54 Å². The molecule has 0 spiro atoms. The molecule has 0 unspecified atom stereocenters. The molecule has 0 saturated carbocycles. The van der Waals surface area contributed by atoms with Gasteiger partial charge in [-0.05, 0) is 31.9 Å². The number of aromatic amines is 1. The van der Waals surface area contributed by atoms with Gasteiger partial charge in [0, 0.05) is 31.9 Å². The van der Waals surface area contributed by atoms with E-state index in [0.717, 1.165) is 55.6 Å². The number of rotatable bonds is 9. The second kappa shape index (κ2) is 10.4. The third-order valence-electron chi connectivity index (χ3n) is 3.34. The first-order valence-electron chi connectivity index (χ1n) is 8.38. The van der Waals surface area contributed by atoms with Crippen molar-refractivity contribution in [2.75, 3.05) is 26.3 Å². The van der Waals surface area contributed by atoms with Gasteiger partial charge in [-0.3, -0.25) is 5.10 Å². The molecular weight excluding hydrogens is 304 g/mol. The Hall–Kier alpha value is -2.41. The second-order valence-corrected chi connectivity index (χ2v) is 5.21. The Morgan fingerprint density at radius 3 is 2.96 bits per heavy atom. The fourth-order valence-electron chi connectivity index (χ4n) is 2.20. The van der Waals surface area contributed by atoms with Gasteiger partial charge in [0.25, 0.3) is 0 Å². The van der Waals surface area contributed by atoms with Gasteiger partial charge in [-0.2, -0.15) is 5.10 Å². The number of ether oxygens (including phenoxy) is 1. The van der Waals surface area contributed by atoms with Crippen molar-refractivity contribution in [1.82, 2.24) is 25.8 Å². The maximum atomic E-state index is 5.34. The van der Waals surface area contributed by atoms with Gasteiger partial charge >= 0.3 is 0 Å². The number of H-pyrrole nitrogens is 1. The molecule has 0 saturated heterocycles. The molecule has 0 radical (unpaired) electrons. The predicted molar refractivity (Wildman–Crippen MR) is 95.7 cm³/mol. The van der Waals surface area contributed by atoms with Crippen LogP contribution in [0.4, 0.5) is 0 Å². The average molecular weight is 330 g/mol. The highest BCUT2D eigenvalue weighted by molar-refractivity contribution is 5.79. The van der Waals surface area contributed by atoms with E-state index in [9.17, 15) is 0 Å². The topological polar surface area (TPSA) is 87.2 Å². The summed E-state index contributed by atoms with van der Waals surface area (Å²) >= 11 is 0. The van der Waals surface area contributed by atoms with Crippen LogP contribution >= 0.6 is 0 Å². The highest BCUT2D eigenvalue weighted by atomic mass is 16.5. The van der Waals surface area contributed by atoms with Crippen LogP contribution in [0.25, 0.3) is 11.4 Å². The lowest BCUT2D eigenvalue weighted by atomic mass is 10.1. The molecule has 0 fully saturated rings. The van der Waals surface area contributed by atoms with Crippen LogP contribution in [-0.2, 0) is 11.3 Å². The Morgan fingerprint density at radius 1 is 1.29 bits per heavy atom. The van der Waals surface area contributed by atoms with Crippen LogP contribution in [0.5, 0.6) is 0 Å². The number of benzene rings is 1. The van der Waals surface area contributed by atoms with Gasteiger partial charge < -0.3 is 15.4 Å². The Labute approximate surface area is 142 Å². The molecule has 0 aliphatic heterocycles. The van der Waals surface area contributed by atoms with Crippen molar-refractivity contribution >= 4 is 5.96 Å². The minimum Gasteiger partial charge on any atom is -0.382 e. The van der Waals surface area contributed by atoms with Gasteiger partial charge in [0.15, 0.2) is 11.8 Å². The van der Waals surface area contributed by atoms with Crippen molar-refractivity contribution in [2.45, 2.75) is 26.8 Å². The lowest BCUT2D eigenvalue weighted by Crippen LogP contribution is -2.38. The van der Waals surface area contributed by atoms with Crippen LogP contribution in [0, 0.1) is 0 Å². The first-order valence-corrected chi connectivity index (χ1v) is 8.38. The minimum atomic E-state index is 0.600. The summed E-state index contributed by atoms with van der Waals surface area (Å²) in [5.41, 5.74) is 2.13. The smallest absolute Gasteiger partial charge is 0.191 e. The van der Waals surface area contributed by atoms with Gasteiger partial charge in [-0.25, -0.2) is 9.98 Å². The molecule has 0 aliphatic rings. The summed E-state index contributed by atoms with van der Waals surface area (Å²) in [5, 5.41) is 13.3. The fourth-order valence-corrected chi connectivity index (χ4v) is 2.20. The number of nitrogens with zero attached hydrogens (tertiary/aromatic N) is 3. The third-order valence-corrected chi connectivity index (χ3v) is 3.34. The third kappa shape index (κ3) is 6.00. The van der Waals surface area contributed by atoms with E-state index in [2.05, 4.69) is 49.9 Å². The molecule has 1 aromatic heterocycles. The molecule has 0 atom stereocenters. The Morgan fingerprint density at radius 2 is 2.21 bits per heavy atom. The van der Waals surface area contributed by atoms with Crippen molar-refractivity contribution < 1.29 is 4.74 Å². The zero-order valence-electron chi connectivity index (χ0n) is 14.4. The van der Waals surface area contributed by atoms with Crippen LogP contribution in [0.15, 0.2) is 35.6 Å². The summed E-state index contributed by atoms with van der Waals surface area (Å²) in [6.07, 6.45) is 2.47. The molecule has 0 amide bonds. The first kappa shape index (κ1) is 17.9. The summed E-state index contributed by atoms with van der Waals surface area (Å²) in [6.45, 7) is 7.85. The molecule has 0 aliphatic carbocycles. The standard InChI is InChI=1S/C17H26N6O/c1-3-18-17(19-9-6-10-24-4-2)20-12-14-7-5-8-15(11-14)16-21-13-22-23-16/h5,7-8,11,13H,3-4,6,9-10,12H2,1-2H3,(H2,18,19,20)(H,21,22,23).